The zero-order valence-corrected chi connectivity index (χ0v) is 11.3. The molecular weight excluding hydrogens is 242 g/mol. The lowest BCUT2D eigenvalue weighted by Crippen LogP contribution is -2.46. The Morgan fingerprint density at radius 1 is 1.32 bits per heavy atom. The van der Waals surface area contributed by atoms with Crippen molar-refractivity contribution < 1.29 is 9.53 Å². The molecule has 2 heterocycles. The van der Waals surface area contributed by atoms with Crippen molar-refractivity contribution in [2.75, 3.05) is 38.6 Å². The van der Waals surface area contributed by atoms with Crippen molar-refractivity contribution in [3.05, 3.63) is 23.3 Å². The molecule has 5 heteroatoms. The highest BCUT2D eigenvalue weighted by Crippen LogP contribution is 2.39. The number of nitrogens with zero attached hydrogens (tertiary/aromatic N) is 1. The molecule has 1 unspecified atom stereocenters. The molecule has 1 saturated heterocycles. The number of fused-ring (bicyclic) bond motifs is 1. The monoisotopic (exact) mass is 261 g/mol. The fourth-order valence-corrected chi connectivity index (χ4v) is 2.92. The van der Waals surface area contributed by atoms with Gasteiger partial charge in [-0.25, -0.2) is 0 Å². The first kappa shape index (κ1) is 12.4. The fourth-order valence-electron chi connectivity index (χ4n) is 2.92. The highest BCUT2D eigenvalue weighted by molar-refractivity contribution is 6.03. The fraction of sp³-hybridized carbons (Fsp3) is 0.500. The van der Waals surface area contributed by atoms with Gasteiger partial charge in [-0.05, 0) is 24.6 Å². The molecule has 0 radical (unpaired) electrons. The second-order valence-corrected chi connectivity index (χ2v) is 5.09. The van der Waals surface area contributed by atoms with Gasteiger partial charge in [0.15, 0.2) is 0 Å². The van der Waals surface area contributed by atoms with Crippen molar-refractivity contribution in [3.63, 3.8) is 0 Å². The third-order valence-corrected chi connectivity index (χ3v) is 3.88. The molecule has 1 aromatic carbocycles. The first-order chi connectivity index (χ1) is 9.20. The summed E-state index contributed by atoms with van der Waals surface area (Å²) in [5.74, 6) is 0.890. The Bertz CT molecular complexity index is 510. The minimum Gasteiger partial charge on any atom is -0.497 e. The third-order valence-electron chi connectivity index (χ3n) is 3.88. The Morgan fingerprint density at radius 2 is 2.05 bits per heavy atom. The van der Waals surface area contributed by atoms with Gasteiger partial charge in [0.2, 0.25) is 5.91 Å². The summed E-state index contributed by atoms with van der Waals surface area (Å²) in [4.78, 5) is 14.5. The number of hydrogen-bond donors (Lipinski definition) is 2. The van der Waals surface area contributed by atoms with E-state index in [0.29, 0.717) is 0 Å². The molecule has 102 valence electrons. The quantitative estimate of drug-likeness (QED) is 0.830. The van der Waals surface area contributed by atoms with E-state index in [1.807, 2.05) is 19.1 Å². The molecular formula is C14H19N3O2. The number of nitrogens with one attached hydrogen (secondary N) is 2. The second kappa shape index (κ2) is 4.83. The highest BCUT2D eigenvalue weighted by Gasteiger charge is 2.36. The van der Waals surface area contributed by atoms with E-state index in [1.54, 1.807) is 7.11 Å². The van der Waals surface area contributed by atoms with E-state index < -0.39 is 0 Å². The topological polar surface area (TPSA) is 53.6 Å². The molecule has 2 aliphatic heterocycles. The summed E-state index contributed by atoms with van der Waals surface area (Å²) in [6.45, 7) is 5.66. The van der Waals surface area contributed by atoms with Gasteiger partial charge < -0.3 is 15.4 Å². The molecule has 0 aliphatic carbocycles. The maximum Gasteiger partial charge on any atom is 0.246 e. The molecule has 2 aliphatic rings. The third kappa shape index (κ3) is 2.09. The number of hydrogen-bond acceptors (Lipinski definition) is 4. The first-order valence-corrected chi connectivity index (χ1v) is 6.65. The lowest BCUT2D eigenvalue weighted by Gasteiger charge is -2.31. The maximum absolute atomic E-state index is 12.3. The smallest absolute Gasteiger partial charge is 0.246 e. The van der Waals surface area contributed by atoms with E-state index in [9.17, 15) is 4.79 Å². The predicted molar refractivity (Wildman–Crippen MR) is 73.5 cm³/mol. The van der Waals surface area contributed by atoms with Crippen LogP contribution in [0.25, 0.3) is 0 Å². The normalized spacial score (nSPS) is 23.1. The van der Waals surface area contributed by atoms with Gasteiger partial charge in [-0.15, -0.1) is 0 Å². The maximum atomic E-state index is 12.3. The van der Waals surface area contributed by atoms with Gasteiger partial charge >= 0.3 is 0 Å². The summed E-state index contributed by atoms with van der Waals surface area (Å²) in [6.07, 6.45) is 0. The van der Waals surface area contributed by atoms with Crippen LogP contribution in [0.3, 0.4) is 0 Å². The van der Waals surface area contributed by atoms with Crippen LogP contribution in [0.15, 0.2) is 12.1 Å². The predicted octanol–water partition coefficient (Wildman–Crippen LogP) is 0.902. The van der Waals surface area contributed by atoms with Crippen LogP contribution in [0.5, 0.6) is 5.75 Å². The van der Waals surface area contributed by atoms with Gasteiger partial charge in [0.05, 0.1) is 7.11 Å². The number of carbonyl (C=O) groups is 1. The van der Waals surface area contributed by atoms with Crippen molar-refractivity contribution in [1.29, 1.82) is 0 Å². The molecule has 1 aromatic rings. The van der Waals surface area contributed by atoms with E-state index in [-0.39, 0.29) is 11.9 Å². The molecule has 0 saturated carbocycles. The molecule has 2 N–H and O–H groups in total. The molecule has 0 aromatic heterocycles. The van der Waals surface area contributed by atoms with Gasteiger partial charge in [-0.2, -0.15) is 0 Å². The Kier molecular flexibility index (Phi) is 3.16. The number of benzene rings is 1. The Hall–Kier alpha value is -1.59. The second-order valence-electron chi connectivity index (χ2n) is 5.09. The van der Waals surface area contributed by atoms with Crippen molar-refractivity contribution in [2.45, 2.75) is 13.0 Å². The number of methoxy groups -OCH3 is 1. The van der Waals surface area contributed by atoms with Crippen LogP contribution in [0.4, 0.5) is 5.69 Å². The average molecular weight is 261 g/mol. The number of anilines is 1. The molecule has 1 fully saturated rings. The van der Waals surface area contributed by atoms with Crippen LogP contribution in [0.1, 0.15) is 17.2 Å². The van der Waals surface area contributed by atoms with E-state index in [0.717, 1.165) is 48.7 Å². The number of carbonyl (C=O) groups excluding carboxylic acids is 1. The molecule has 19 heavy (non-hydrogen) atoms. The molecule has 5 nitrogen and oxygen atoms in total. The van der Waals surface area contributed by atoms with E-state index in [4.69, 9.17) is 4.74 Å². The number of aryl methyl sites for hydroxylation is 1. The molecule has 1 atom stereocenters. The summed E-state index contributed by atoms with van der Waals surface area (Å²) < 4.78 is 5.32. The summed E-state index contributed by atoms with van der Waals surface area (Å²) in [7, 11) is 1.66. The SMILES string of the molecule is COc1cc(C)c2c(c1)C(N1CCNCC1)C(=O)N2. The lowest BCUT2D eigenvalue weighted by atomic mass is 10.0. The molecule has 0 bridgehead atoms. The van der Waals surface area contributed by atoms with Crippen molar-refractivity contribution in [1.82, 2.24) is 10.2 Å². The largest absolute Gasteiger partial charge is 0.497 e. The summed E-state index contributed by atoms with van der Waals surface area (Å²) in [5, 5.41) is 6.32. The van der Waals surface area contributed by atoms with Crippen LogP contribution >= 0.6 is 0 Å². The number of ether oxygens (including phenoxy) is 1. The van der Waals surface area contributed by atoms with Gasteiger partial charge in [0.25, 0.3) is 0 Å². The number of amides is 1. The van der Waals surface area contributed by atoms with Crippen molar-refractivity contribution in [2.24, 2.45) is 0 Å². The first-order valence-electron chi connectivity index (χ1n) is 6.65. The average Bonchev–Trinajstić information content (AvgIpc) is 2.76. The van der Waals surface area contributed by atoms with Gasteiger partial charge in [0, 0.05) is 37.4 Å². The van der Waals surface area contributed by atoms with E-state index in [1.165, 1.54) is 0 Å². The van der Waals surface area contributed by atoms with Gasteiger partial charge in [-0.3, -0.25) is 9.69 Å². The molecule has 1 amide bonds. The zero-order chi connectivity index (χ0) is 13.4. The van der Waals surface area contributed by atoms with Crippen LogP contribution in [-0.4, -0.2) is 44.1 Å². The van der Waals surface area contributed by atoms with Crippen LogP contribution in [-0.2, 0) is 4.79 Å². The minimum absolute atomic E-state index is 0.0771. The van der Waals surface area contributed by atoms with Crippen LogP contribution in [0, 0.1) is 6.92 Å². The Morgan fingerprint density at radius 3 is 2.74 bits per heavy atom. The number of piperazine rings is 1. The van der Waals surface area contributed by atoms with Crippen LogP contribution in [0.2, 0.25) is 0 Å². The summed E-state index contributed by atoms with van der Waals surface area (Å²) in [6, 6.07) is 3.76. The Labute approximate surface area is 112 Å². The molecule has 0 spiro atoms. The lowest BCUT2D eigenvalue weighted by molar-refractivity contribution is -0.121. The highest BCUT2D eigenvalue weighted by atomic mass is 16.5. The standard InChI is InChI=1S/C14H19N3O2/c1-9-7-10(19-2)8-11-12(9)16-14(18)13(11)17-5-3-15-4-6-17/h7-8,13,15H,3-6H2,1-2H3,(H,16,18). The van der Waals surface area contributed by atoms with Crippen LogP contribution < -0.4 is 15.4 Å². The van der Waals surface area contributed by atoms with E-state index in [2.05, 4.69) is 15.5 Å². The number of rotatable bonds is 2. The van der Waals surface area contributed by atoms with Gasteiger partial charge in [0.1, 0.15) is 11.8 Å². The summed E-state index contributed by atoms with van der Waals surface area (Å²) in [5.41, 5.74) is 3.05. The van der Waals surface area contributed by atoms with E-state index >= 15 is 0 Å². The van der Waals surface area contributed by atoms with Crippen molar-refractivity contribution >= 4 is 11.6 Å². The zero-order valence-electron chi connectivity index (χ0n) is 11.3. The minimum atomic E-state index is -0.175. The van der Waals surface area contributed by atoms with Gasteiger partial charge in [-0.1, -0.05) is 0 Å². The molecule has 3 rings (SSSR count). The van der Waals surface area contributed by atoms with Crippen molar-refractivity contribution in [3.8, 4) is 5.75 Å². The Balaban J connectivity index is 1.99. The summed E-state index contributed by atoms with van der Waals surface area (Å²) >= 11 is 0.